The van der Waals surface area contributed by atoms with E-state index in [1.54, 1.807) is 6.92 Å². The molecule has 0 aliphatic heterocycles. The number of rotatable bonds is 7. The zero-order chi connectivity index (χ0) is 17.8. The molecule has 0 saturated carbocycles. The lowest BCUT2D eigenvalue weighted by Gasteiger charge is -2.13. The lowest BCUT2D eigenvalue weighted by Crippen LogP contribution is -2.06. The van der Waals surface area contributed by atoms with Crippen LogP contribution in [-0.2, 0) is 0 Å². The molecular weight excluding hydrogens is 338 g/mol. The molecule has 2 aromatic heterocycles. The van der Waals surface area contributed by atoms with Crippen LogP contribution in [-0.4, -0.2) is 27.7 Å². The molecule has 0 radical (unpaired) electrons. The van der Waals surface area contributed by atoms with E-state index in [0.29, 0.717) is 30.8 Å². The highest BCUT2D eigenvalue weighted by Gasteiger charge is 2.11. The summed E-state index contributed by atoms with van der Waals surface area (Å²) in [6, 6.07) is 5.97. The summed E-state index contributed by atoms with van der Waals surface area (Å²) in [5.74, 6) is 2.74. The largest absolute Gasteiger partial charge is 0.493 e. The maximum absolute atomic E-state index is 5.94. The Morgan fingerprint density at radius 1 is 1.00 bits per heavy atom. The summed E-state index contributed by atoms with van der Waals surface area (Å²) in [5, 5.41) is 3.97. The average molecular weight is 359 g/mol. The third kappa shape index (κ3) is 4.36. The Hall–Kier alpha value is -2.41. The number of hydrogen-bond acceptors (Lipinski definition) is 7. The highest BCUT2D eigenvalue weighted by atomic mass is 32.1. The van der Waals surface area contributed by atoms with Crippen LogP contribution in [0.4, 0.5) is 0 Å². The van der Waals surface area contributed by atoms with Crippen LogP contribution in [0.1, 0.15) is 28.3 Å². The minimum atomic E-state index is 0.556. The first-order valence-corrected chi connectivity index (χ1v) is 8.91. The molecule has 0 saturated heterocycles. The maximum atomic E-state index is 5.94. The van der Waals surface area contributed by atoms with Crippen LogP contribution in [0.5, 0.6) is 11.6 Å². The van der Waals surface area contributed by atoms with Gasteiger partial charge >= 0.3 is 0 Å². The predicted octanol–water partition coefficient (Wildman–Crippen LogP) is 4.27. The number of benzene rings is 1. The molecule has 0 N–H and O–H groups in total. The van der Waals surface area contributed by atoms with Gasteiger partial charge in [0.1, 0.15) is 5.75 Å². The smallest absolute Gasteiger partial charge is 0.225 e. The first-order valence-electron chi connectivity index (χ1n) is 8.14. The van der Waals surface area contributed by atoms with Gasteiger partial charge in [-0.1, -0.05) is 5.16 Å². The van der Waals surface area contributed by atoms with Gasteiger partial charge in [0.2, 0.25) is 17.6 Å². The fourth-order valence-electron chi connectivity index (χ4n) is 2.55. The average Bonchev–Trinajstić information content (AvgIpc) is 3.17. The fourth-order valence-corrected chi connectivity index (χ4v) is 3.04. The summed E-state index contributed by atoms with van der Waals surface area (Å²) in [4.78, 5) is 5.42. The van der Waals surface area contributed by atoms with E-state index < -0.39 is 0 Å². The summed E-state index contributed by atoms with van der Waals surface area (Å²) in [5.41, 5.74) is 3.03. The molecule has 6 nitrogen and oxygen atoms in total. The van der Waals surface area contributed by atoms with Gasteiger partial charge in [0, 0.05) is 29.9 Å². The van der Waals surface area contributed by atoms with Crippen LogP contribution >= 0.6 is 11.5 Å². The van der Waals surface area contributed by atoms with Gasteiger partial charge in [-0.15, -0.1) is 0 Å². The normalized spacial score (nSPS) is 10.9. The van der Waals surface area contributed by atoms with E-state index in [1.165, 1.54) is 11.5 Å². The standard InChI is InChI=1S/C18H21N3O3S/c1-11-8-15(18-19-14(4)24-20-18)9-12(2)17(11)23-7-5-6-22-16-10-13(3)25-21-16/h8-10H,5-7H2,1-4H3. The van der Waals surface area contributed by atoms with E-state index in [-0.39, 0.29) is 0 Å². The molecule has 25 heavy (non-hydrogen) atoms. The second kappa shape index (κ2) is 7.65. The van der Waals surface area contributed by atoms with Crippen molar-refractivity contribution in [2.24, 2.45) is 0 Å². The van der Waals surface area contributed by atoms with Gasteiger partial charge in [-0.3, -0.25) is 0 Å². The lowest BCUT2D eigenvalue weighted by atomic mass is 10.1. The van der Waals surface area contributed by atoms with E-state index in [9.17, 15) is 0 Å². The topological polar surface area (TPSA) is 70.3 Å². The van der Waals surface area contributed by atoms with E-state index in [4.69, 9.17) is 14.0 Å². The molecule has 7 heteroatoms. The van der Waals surface area contributed by atoms with E-state index in [2.05, 4.69) is 14.5 Å². The van der Waals surface area contributed by atoms with Crippen molar-refractivity contribution in [2.75, 3.05) is 13.2 Å². The van der Waals surface area contributed by atoms with Gasteiger partial charge in [0.05, 0.1) is 13.2 Å². The lowest BCUT2D eigenvalue weighted by molar-refractivity contribution is 0.242. The zero-order valence-corrected chi connectivity index (χ0v) is 15.6. The Kier molecular flexibility index (Phi) is 5.33. The Balaban J connectivity index is 1.55. The molecule has 0 amide bonds. The summed E-state index contributed by atoms with van der Waals surface area (Å²) in [6.45, 7) is 9.01. The van der Waals surface area contributed by atoms with Crippen LogP contribution in [0.3, 0.4) is 0 Å². The minimum Gasteiger partial charge on any atom is -0.493 e. The van der Waals surface area contributed by atoms with E-state index in [1.807, 2.05) is 39.0 Å². The monoisotopic (exact) mass is 359 g/mol. The molecule has 0 aliphatic rings. The molecule has 3 aromatic rings. The maximum Gasteiger partial charge on any atom is 0.225 e. The molecule has 3 rings (SSSR count). The zero-order valence-electron chi connectivity index (χ0n) is 14.8. The van der Waals surface area contributed by atoms with Crippen molar-refractivity contribution in [1.29, 1.82) is 0 Å². The Morgan fingerprint density at radius 3 is 2.32 bits per heavy atom. The summed E-state index contributed by atoms with van der Waals surface area (Å²) in [7, 11) is 0. The van der Waals surface area contributed by atoms with Crippen molar-refractivity contribution < 1.29 is 14.0 Å². The van der Waals surface area contributed by atoms with Gasteiger partial charge in [-0.25, -0.2) is 0 Å². The van der Waals surface area contributed by atoms with E-state index in [0.717, 1.165) is 33.7 Å². The van der Waals surface area contributed by atoms with Gasteiger partial charge in [0.25, 0.3) is 0 Å². The first-order chi connectivity index (χ1) is 12.0. The summed E-state index contributed by atoms with van der Waals surface area (Å²) < 4.78 is 20.8. The highest BCUT2D eigenvalue weighted by Crippen LogP contribution is 2.29. The Labute approximate surface area is 151 Å². The third-order valence-corrected chi connectivity index (χ3v) is 4.31. The molecule has 0 spiro atoms. The molecule has 2 heterocycles. The molecule has 132 valence electrons. The molecule has 0 fully saturated rings. The summed E-state index contributed by atoms with van der Waals surface area (Å²) in [6.07, 6.45) is 0.793. The predicted molar refractivity (Wildman–Crippen MR) is 96.4 cm³/mol. The van der Waals surface area contributed by atoms with Crippen LogP contribution < -0.4 is 9.47 Å². The molecule has 0 aliphatic carbocycles. The number of nitrogens with zero attached hydrogens (tertiary/aromatic N) is 3. The van der Waals surface area contributed by atoms with Crippen LogP contribution in [0.25, 0.3) is 11.4 Å². The number of aromatic nitrogens is 3. The van der Waals surface area contributed by atoms with Crippen LogP contribution in [0.2, 0.25) is 0 Å². The van der Waals surface area contributed by atoms with Gasteiger partial charge in [0.15, 0.2) is 0 Å². The van der Waals surface area contributed by atoms with Crippen molar-refractivity contribution in [3.05, 3.63) is 40.1 Å². The van der Waals surface area contributed by atoms with Gasteiger partial charge in [-0.2, -0.15) is 9.36 Å². The van der Waals surface area contributed by atoms with Crippen molar-refractivity contribution in [3.63, 3.8) is 0 Å². The molecule has 1 aromatic carbocycles. The molecular formula is C18H21N3O3S. The van der Waals surface area contributed by atoms with Crippen molar-refractivity contribution in [1.82, 2.24) is 14.5 Å². The van der Waals surface area contributed by atoms with E-state index >= 15 is 0 Å². The number of aryl methyl sites for hydroxylation is 4. The first kappa shape index (κ1) is 17.4. The summed E-state index contributed by atoms with van der Waals surface area (Å²) >= 11 is 1.45. The van der Waals surface area contributed by atoms with Gasteiger partial charge in [-0.05, 0) is 55.6 Å². The number of hydrogen-bond donors (Lipinski definition) is 0. The SMILES string of the molecule is Cc1nc(-c2cc(C)c(OCCCOc3cc(C)sn3)c(C)c2)no1. The number of ether oxygens (including phenoxy) is 2. The molecule has 0 atom stereocenters. The Morgan fingerprint density at radius 2 is 1.72 bits per heavy atom. The Bertz CT molecular complexity index is 834. The second-order valence-electron chi connectivity index (χ2n) is 5.90. The molecule has 0 bridgehead atoms. The van der Waals surface area contributed by atoms with Crippen molar-refractivity contribution in [2.45, 2.75) is 34.1 Å². The van der Waals surface area contributed by atoms with Crippen molar-refractivity contribution in [3.8, 4) is 23.0 Å². The van der Waals surface area contributed by atoms with Gasteiger partial charge < -0.3 is 14.0 Å². The van der Waals surface area contributed by atoms with Crippen molar-refractivity contribution >= 4 is 11.5 Å². The highest BCUT2D eigenvalue weighted by molar-refractivity contribution is 7.05. The minimum absolute atomic E-state index is 0.556. The second-order valence-corrected chi connectivity index (χ2v) is 6.91. The quantitative estimate of drug-likeness (QED) is 0.587. The fraction of sp³-hybridized carbons (Fsp3) is 0.389. The van der Waals surface area contributed by atoms with Crippen LogP contribution in [0, 0.1) is 27.7 Å². The molecule has 0 unspecified atom stereocenters. The third-order valence-electron chi connectivity index (χ3n) is 3.64. The van der Waals surface area contributed by atoms with Crippen LogP contribution in [0.15, 0.2) is 22.7 Å².